The number of nitrogens with zero attached hydrogens (tertiary/aromatic N) is 2. The van der Waals surface area contributed by atoms with Crippen LogP contribution in [-0.4, -0.2) is 33.5 Å². The Labute approximate surface area is 154 Å². The van der Waals surface area contributed by atoms with Crippen molar-refractivity contribution in [2.24, 2.45) is 5.92 Å². The number of fused-ring (bicyclic) bond motifs is 1. The lowest BCUT2D eigenvalue weighted by molar-refractivity contribution is -0.110. The molecule has 4 nitrogen and oxygen atoms in total. The predicted octanol–water partition coefficient (Wildman–Crippen LogP) is 3.68. The molecule has 1 aliphatic heterocycles. The van der Waals surface area contributed by atoms with Crippen LogP contribution in [0.5, 0.6) is 0 Å². The molecule has 1 saturated carbocycles. The molecule has 1 N–H and O–H groups in total. The van der Waals surface area contributed by atoms with Crippen LogP contribution < -0.4 is 0 Å². The third-order valence-corrected chi connectivity index (χ3v) is 6.17. The van der Waals surface area contributed by atoms with Gasteiger partial charge in [-0.3, -0.25) is 9.78 Å². The van der Waals surface area contributed by atoms with Gasteiger partial charge >= 0.3 is 0 Å². The Morgan fingerprint density at radius 2 is 1.92 bits per heavy atom. The van der Waals surface area contributed by atoms with E-state index in [9.17, 15) is 9.90 Å². The molecule has 1 aromatic heterocycles. The van der Waals surface area contributed by atoms with E-state index in [-0.39, 0.29) is 17.9 Å². The number of carbonyl (C=O) groups is 1. The fourth-order valence-corrected chi connectivity index (χ4v) is 4.78. The molecule has 2 aliphatic rings. The number of benzene rings is 1. The van der Waals surface area contributed by atoms with E-state index in [2.05, 4.69) is 4.98 Å². The van der Waals surface area contributed by atoms with E-state index in [0.717, 1.165) is 36.9 Å². The van der Waals surface area contributed by atoms with Gasteiger partial charge in [-0.25, -0.2) is 0 Å². The SMILES string of the molecule is Cc1ccc(C(=O)N2CC[C@@](O)(c3ccccc3)[C@@H]3CCCC[C@@H]32)cn1. The molecule has 136 valence electrons. The van der Waals surface area contributed by atoms with Crippen molar-refractivity contribution in [3.63, 3.8) is 0 Å². The van der Waals surface area contributed by atoms with Crippen molar-refractivity contribution in [1.82, 2.24) is 9.88 Å². The number of pyridine rings is 1. The molecule has 2 aromatic rings. The van der Waals surface area contributed by atoms with E-state index in [1.165, 1.54) is 0 Å². The molecule has 4 rings (SSSR count). The predicted molar refractivity (Wildman–Crippen MR) is 101 cm³/mol. The zero-order valence-corrected chi connectivity index (χ0v) is 15.3. The summed E-state index contributed by atoms with van der Waals surface area (Å²) in [5.74, 6) is 0.138. The van der Waals surface area contributed by atoms with Gasteiger partial charge in [-0.05, 0) is 43.9 Å². The molecule has 1 saturated heterocycles. The number of aromatic nitrogens is 1. The van der Waals surface area contributed by atoms with Gasteiger partial charge in [0.15, 0.2) is 0 Å². The molecule has 0 radical (unpaired) electrons. The van der Waals surface area contributed by atoms with Crippen molar-refractivity contribution in [3.05, 3.63) is 65.5 Å². The summed E-state index contributed by atoms with van der Waals surface area (Å²) in [7, 11) is 0. The molecule has 3 atom stereocenters. The Morgan fingerprint density at radius 3 is 2.65 bits per heavy atom. The second-order valence-electron chi connectivity index (χ2n) is 7.69. The van der Waals surface area contributed by atoms with Crippen LogP contribution in [-0.2, 0) is 5.60 Å². The van der Waals surface area contributed by atoms with E-state index in [0.29, 0.717) is 18.5 Å². The molecule has 1 aromatic carbocycles. The Bertz CT molecular complexity index is 774. The van der Waals surface area contributed by atoms with Gasteiger partial charge in [0, 0.05) is 30.4 Å². The zero-order valence-electron chi connectivity index (χ0n) is 15.3. The second-order valence-corrected chi connectivity index (χ2v) is 7.69. The fourth-order valence-electron chi connectivity index (χ4n) is 4.78. The smallest absolute Gasteiger partial charge is 0.255 e. The molecular weight excluding hydrogens is 324 g/mol. The minimum atomic E-state index is -0.839. The highest BCUT2D eigenvalue weighted by atomic mass is 16.3. The highest BCUT2D eigenvalue weighted by molar-refractivity contribution is 5.94. The van der Waals surface area contributed by atoms with Crippen molar-refractivity contribution in [2.75, 3.05) is 6.54 Å². The second kappa shape index (κ2) is 6.84. The van der Waals surface area contributed by atoms with E-state index in [1.807, 2.05) is 54.3 Å². The monoisotopic (exact) mass is 350 g/mol. The van der Waals surface area contributed by atoms with Crippen LogP contribution in [0.4, 0.5) is 0 Å². The summed E-state index contributed by atoms with van der Waals surface area (Å²) in [6.07, 6.45) is 6.42. The number of amides is 1. The number of aryl methyl sites for hydroxylation is 1. The Morgan fingerprint density at radius 1 is 1.15 bits per heavy atom. The van der Waals surface area contributed by atoms with E-state index in [4.69, 9.17) is 0 Å². The van der Waals surface area contributed by atoms with Crippen LogP contribution in [0.25, 0.3) is 0 Å². The molecule has 0 bridgehead atoms. The summed E-state index contributed by atoms with van der Waals surface area (Å²) in [6.45, 7) is 2.51. The molecular formula is C22H26N2O2. The maximum absolute atomic E-state index is 13.1. The van der Waals surface area contributed by atoms with Crippen molar-refractivity contribution in [1.29, 1.82) is 0 Å². The summed E-state index contributed by atoms with van der Waals surface area (Å²) >= 11 is 0. The van der Waals surface area contributed by atoms with Crippen molar-refractivity contribution < 1.29 is 9.90 Å². The first kappa shape index (κ1) is 17.2. The van der Waals surface area contributed by atoms with Gasteiger partial charge < -0.3 is 10.0 Å². The van der Waals surface area contributed by atoms with Crippen molar-refractivity contribution in [3.8, 4) is 0 Å². The summed E-state index contributed by atoms with van der Waals surface area (Å²) in [4.78, 5) is 19.4. The van der Waals surface area contributed by atoms with Crippen LogP contribution in [0.1, 0.15) is 53.7 Å². The van der Waals surface area contributed by atoms with Crippen LogP contribution in [0, 0.1) is 12.8 Å². The van der Waals surface area contributed by atoms with Gasteiger partial charge in [0.25, 0.3) is 5.91 Å². The van der Waals surface area contributed by atoms with Crippen molar-refractivity contribution in [2.45, 2.75) is 50.7 Å². The lowest BCUT2D eigenvalue weighted by Gasteiger charge is -2.52. The van der Waals surface area contributed by atoms with Gasteiger partial charge in [0.05, 0.1) is 11.2 Å². The first-order valence-corrected chi connectivity index (χ1v) is 9.61. The lowest BCUT2D eigenvalue weighted by atomic mass is 9.66. The minimum absolute atomic E-state index is 0.0458. The van der Waals surface area contributed by atoms with Crippen LogP contribution in [0.15, 0.2) is 48.7 Å². The van der Waals surface area contributed by atoms with Crippen LogP contribution in [0.2, 0.25) is 0 Å². The average Bonchev–Trinajstić information content (AvgIpc) is 2.69. The molecule has 0 unspecified atom stereocenters. The molecule has 26 heavy (non-hydrogen) atoms. The zero-order chi connectivity index (χ0) is 18.1. The minimum Gasteiger partial charge on any atom is -0.385 e. The third kappa shape index (κ3) is 2.92. The third-order valence-electron chi connectivity index (χ3n) is 6.17. The summed E-state index contributed by atoms with van der Waals surface area (Å²) < 4.78 is 0. The largest absolute Gasteiger partial charge is 0.385 e. The molecule has 2 heterocycles. The topological polar surface area (TPSA) is 53.4 Å². The fraction of sp³-hybridized carbons (Fsp3) is 0.455. The number of hydrogen-bond donors (Lipinski definition) is 1. The normalized spacial score (nSPS) is 28.5. The van der Waals surface area contributed by atoms with Gasteiger partial charge in [0.1, 0.15) is 0 Å². The Kier molecular flexibility index (Phi) is 4.53. The standard InChI is InChI=1S/C22H26N2O2/c1-16-11-12-17(15-23-16)21(25)24-14-13-22(26,18-7-3-2-4-8-18)19-9-5-6-10-20(19)24/h2-4,7-8,11-12,15,19-20,26H,5-6,9-10,13-14H2,1H3/t19-,20+,22-/m1/s1. The highest BCUT2D eigenvalue weighted by Gasteiger charge is 2.50. The maximum atomic E-state index is 13.1. The molecule has 1 aliphatic carbocycles. The highest BCUT2D eigenvalue weighted by Crippen LogP contribution is 2.47. The van der Waals surface area contributed by atoms with Crippen molar-refractivity contribution >= 4 is 5.91 Å². The quantitative estimate of drug-likeness (QED) is 0.899. The van der Waals surface area contributed by atoms with E-state index >= 15 is 0 Å². The van der Waals surface area contributed by atoms with E-state index in [1.54, 1.807) is 6.20 Å². The average molecular weight is 350 g/mol. The first-order chi connectivity index (χ1) is 12.6. The number of carbonyl (C=O) groups excluding carboxylic acids is 1. The molecule has 4 heteroatoms. The summed E-state index contributed by atoms with van der Waals surface area (Å²) in [5, 5.41) is 11.6. The summed E-state index contributed by atoms with van der Waals surface area (Å²) in [6, 6.07) is 13.8. The lowest BCUT2D eigenvalue weighted by Crippen LogP contribution is -2.59. The van der Waals surface area contributed by atoms with E-state index < -0.39 is 5.60 Å². The van der Waals surface area contributed by atoms with Crippen LogP contribution >= 0.6 is 0 Å². The van der Waals surface area contributed by atoms with Crippen LogP contribution in [0.3, 0.4) is 0 Å². The number of likely N-dealkylation sites (tertiary alicyclic amines) is 1. The number of aliphatic hydroxyl groups is 1. The number of piperidine rings is 1. The Hall–Kier alpha value is -2.20. The molecule has 2 fully saturated rings. The van der Waals surface area contributed by atoms with Gasteiger partial charge in [-0.1, -0.05) is 43.2 Å². The molecule has 1 amide bonds. The summed E-state index contributed by atoms with van der Waals surface area (Å²) in [5.41, 5.74) is 1.70. The molecule has 0 spiro atoms. The van der Waals surface area contributed by atoms with Gasteiger partial charge in [-0.15, -0.1) is 0 Å². The number of hydrogen-bond acceptors (Lipinski definition) is 3. The van der Waals surface area contributed by atoms with Gasteiger partial charge in [0.2, 0.25) is 0 Å². The Balaban J connectivity index is 1.64. The van der Waals surface area contributed by atoms with Gasteiger partial charge in [-0.2, -0.15) is 0 Å². The first-order valence-electron chi connectivity index (χ1n) is 9.61. The number of rotatable bonds is 2. The maximum Gasteiger partial charge on any atom is 0.255 e.